The lowest BCUT2D eigenvalue weighted by Crippen LogP contribution is -2.26. The van der Waals surface area contributed by atoms with Crippen molar-refractivity contribution in [2.24, 2.45) is 0 Å². The Morgan fingerprint density at radius 2 is 1.57 bits per heavy atom. The number of para-hydroxylation sites is 2. The van der Waals surface area contributed by atoms with Crippen molar-refractivity contribution in [3.63, 3.8) is 0 Å². The summed E-state index contributed by atoms with van der Waals surface area (Å²) in [5.41, 5.74) is 0.979. The largest absolute Gasteiger partial charge is 0.448 e. The number of rotatable bonds is 4. The molecule has 3 rings (SSSR count). The lowest BCUT2D eigenvalue weighted by atomic mass is 10.2. The molecule has 0 amide bonds. The molecule has 1 heterocycles. The van der Waals surface area contributed by atoms with Crippen LogP contribution in [0.1, 0.15) is 5.56 Å². The summed E-state index contributed by atoms with van der Waals surface area (Å²) in [5, 5.41) is 0. The summed E-state index contributed by atoms with van der Waals surface area (Å²) in [4.78, 5) is 0.114. The van der Waals surface area contributed by atoms with Crippen molar-refractivity contribution >= 4 is 10.1 Å². The lowest BCUT2D eigenvalue weighted by Gasteiger charge is -2.11. The molecular formula is C15H14O5S. The highest BCUT2D eigenvalue weighted by atomic mass is 32.2. The number of ether oxygens (including phenoxy) is 2. The van der Waals surface area contributed by atoms with Gasteiger partial charge < -0.3 is 9.47 Å². The number of benzene rings is 2. The van der Waals surface area contributed by atoms with Crippen LogP contribution in [0.3, 0.4) is 0 Å². The minimum absolute atomic E-state index is 0.114. The summed E-state index contributed by atoms with van der Waals surface area (Å²) in [6, 6.07) is 13.6. The van der Waals surface area contributed by atoms with E-state index in [-0.39, 0.29) is 11.5 Å². The molecule has 0 radical (unpaired) electrons. The predicted molar refractivity (Wildman–Crippen MR) is 75.8 cm³/mol. The van der Waals surface area contributed by atoms with E-state index in [1.807, 2.05) is 19.1 Å². The second-order valence-electron chi connectivity index (χ2n) is 4.66. The molecule has 0 atom stereocenters. The minimum Gasteiger partial charge on any atom is -0.448 e. The third-order valence-electron chi connectivity index (χ3n) is 3.03. The molecule has 21 heavy (non-hydrogen) atoms. The van der Waals surface area contributed by atoms with Crippen LogP contribution in [0.2, 0.25) is 0 Å². The van der Waals surface area contributed by atoms with Crippen molar-refractivity contribution in [2.75, 3.05) is 6.61 Å². The summed E-state index contributed by atoms with van der Waals surface area (Å²) in [7, 11) is -3.81. The maximum Gasteiger partial charge on any atom is 0.297 e. The van der Waals surface area contributed by atoms with E-state index in [4.69, 9.17) is 13.7 Å². The van der Waals surface area contributed by atoms with Gasteiger partial charge in [-0.2, -0.15) is 8.42 Å². The highest BCUT2D eigenvalue weighted by molar-refractivity contribution is 7.86. The van der Waals surface area contributed by atoms with Gasteiger partial charge in [0.25, 0.3) is 16.4 Å². The Labute approximate surface area is 123 Å². The molecule has 0 N–H and O–H groups in total. The number of hydrogen-bond acceptors (Lipinski definition) is 5. The van der Waals surface area contributed by atoms with Crippen LogP contribution in [0.4, 0.5) is 0 Å². The van der Waals surface area contributed by atoms with E-state index in [1.165, 1.54) is 12.1 Å². The molecule has 0 aromatic heterocycles. The van der Waals surface area contributed by atoms with Crippen molar-refractivity contribution < 1.29 is 22.1 Å². The van der Waals surface area contributed by atoms with Gasteiger partial charge in [0.15, 0.2) is 11.5 Å². The smallest absolute Gasteiger partial charge is 0.297 e. The Bertz CT molecular complexity index is 712. The molecule has 0 spiro atoms. The molecule has 2 aromatic carbocycles. The summed E-state index contributed by atoms with van der Waals surface area (Å²) in [5.74, 6) is 1.16. The molecule has 0 aliphatic carbocycles. The summed E-state index contributed by atoms with van der Waals surface area (Å²) >= 11 is 0. The first-order chi connectivity index (χ1) is 10.0. The first-order valence-electron chi connectivity index (χ1n) is 6.43. The highest BCUT2D eigenvalue weighted by Crippen LogP contribution is 2.34. The Morgan fingerprint density at radius 3 is 2.14 bits per heavy atom. The number of aryl methyl sites for hydroxylation is 1. The van der Waals surface area contributed by atoms with Gasteiger partial charge in [0.1, 0.15) is 6.61 Å². The monoisotopic (exact) mass is 306 g/mol. The van der Waals surface area contributed by atoms with Gasteiger partial charge in [-0.1, -0.05) is 29.8 Å². The lowest BCUT2D eigenvalue weighted by molar-refractivity contribution is 0.00972. The second-order valence-corrected chi connectivity index (χ2v) is 6.28. The molecule has 0 saturated heterocycles. The van der Waals surface area contributed by atoms with Crippen LogP contribution in [0.5, 0.6) is 11.5 Å². The van der Waals surface area contributed by atoms with Gasteiger partial charge in [0, 0.05) is 0 Å². The molecule has 0 saturated carbocycles. The number of fused-ring (bicyclic) bond motifs is 1. The average molecular weight is 306 g/mol. The van der Waals surface area contributed by atoms with E-state index in [0.29, 0.717) is 11.5 Å². The molecule has 2 aromatic rings. The van der Waals surface area contributed by atoms with E-state index in [9.17, 15) is 8.42 Å². The highest BCUT2D eigenvalue weighted by Gasteiger charge is 2.26. The van der Waals surface area contributed by atoms with Gasteiger partial charge in [-0.05, 0) is 31.2 Å². The molecule has 0 bridgehead atoms. The van der Waals surface area contributed by atoms with Crippen LogP contribution in [0.15, 0.2) is 53.4 Å². The molecule has 5 nitrogen and oxygen atoms in total. The van der Waals surface area contributed by atoms with E-state index in [0.717, 1.165) is 5.56 Å². The van der Waals surface area contributed by atoms with Gasteiger partial charge in [0.05, 0.1) is 4.90 Å². The zero-order valence-corrected chi connectivity index (χ0v) is 12.2. The molecule has 1 aliphatic heterocycles. The van der Waals surface area contributed by atoms with Gasteiger partial charge in [-0.15, -0.1) is 0 Å². The summed E-state index contributed by atoms with van der Waals surface area (Å²) < 4.78 is 40.0. The van der Waals surface area contributed by atoms with Crippen molar-refractivity contribution in [2.45, 2.75) is 18.1 Å². The maximum absolute atomic E-state index is 12.0. The van der Waals surface area contributed by atoms with E-state index >= 15 is 0 Å². The topological polar surface area (TPSA) is 61.8 Å². The van der Waals surface area contributed by atoms with Crippen LogP contribution in [-0.2, 0) is 14.3 Å². The van der Waals surface area contributed by atoms with Crippen LogP contribution in [0, 0.1) is 6.92 Å². The standard InChI is InChI=1S/C15H14O5S/c1-11-6-8-12(9-7-11)21(16,17)18-10-15-19-13-4-2-3-5-14(13)20-15/h2-9,15H,10H2,1H3. The minimum atomic E-state index is -3.81. The molecular weight excluding hydrogens is 292 g/mol. The second kappa shape index (κ2) is 5.38. The Balaban J connectivity index is 1.65. The Hall–Kier alpha value is -2.05. The quantitative estimate of drug-likeness (QED) is 0.812. The van der Waals surface area contributed by atoms with Gasteiger partial charge in [-0.25, -0.2) is 0 Å². The average Bonchev–Trinajstić information content (AvgIpc) is 2.89. The predicted octanol–water partition coefficient (Wildman–Crippen LogP) is 2.50. The molecule has 0 fully saturated rings. The third-order valence-corrected chi connectivity index (χ3v) is 4.33. The number of hydrogen-bond donors (Lipinski definition) is 0. The zero-order chi connectivity index (χ0) is 14.9. The first-order valence-corrected chi connectivity index (χ1v) is 7.84. The molecule has 1 aliphatic rings. The first kappa shape index (κ1) is 13.9. The van der Waals surface area contributed by atoms with Gasteiger partial charge >= 0.3 is 0 Å². The van der Waals surface area contributed by atoms with Crippen molar-refractivity contribution in [3.05, 3.63) is 54.1 Å². The summed E-state index contributed by atoms with van der Waals surface area (Å²) in [6.07, 6.45) is -0.761. The SMILES string of the molecule is Cc1ccc(S(=O)(=O)OCC2Oc3ccccc3O2)cc1. The third kappa shape index (κ3) is 3.01. The van der Waals surface area contributed by atoms with Crippen LogP contribution >= 0.6 is 0 Å². The Morgan fingerprint density at radius 1 is 1.00 bits per heavy atom. The van der Waals surface area contributed by atoms with Gasteiger partial charge in [-0.3, -0.25) is 4.18 Å². The maximum atomic E-state index is 12.0. The molecule has 6 heteroatoms. The van der Waals surface area contributed by atoms with Crippen LogP contribution < -0.4 is 9.47 Å². The zero-order valence-electron chi connectivity index (χ0n) is 11.4. The normalized spacial score (nSPS) is 14.3. The van der Waals surface area contributed by atoms with Crippen molar-refractivity contribution in [1.29, 1.82) is 0 Å². The van der Waals surface area contributed by atoms with E-state index < -0.39 is 16.4 Å². The van der Waals surface area contributed by atoms with Gasteiger partial charge in [0.2, 0.25) is 0 Å². The van der Waals surface area contributed by atoms with Crippen LogP contribution in [0.25, 0.3) is 0 Å². The van der Waals surface area contributed by atoms with Crippen molar-refractivity contribution in [1.82, 2.24) is 0 Å². The molecule has 0 unspecified atom stereocenters. The fraction of sp³-hybridized carbons (Fsp3) is 0.200. The fourth-order valence-electron chi connectivity index (χ4n) is 1.94. The van der Waals surface area contributed by atoms with E-state index in [2.05, 4.69) is 0 Å². The van der Waals surface area contributed by atoms with Crippen LogP contribution in [-0.4, -0.2) is 21.3 Å². The Kier molecular flexibility index (Phi) is 3.57. The van der Waals surface area contributed by atoms with Crippen molar-refractivity contribution in [3.8, 4) is 11.5 Å². The van der Waals surface area contributed by atoms with E-state index in [1.54, 1.807) is 24.3 Å². The fourth-order valence-corrected chi connectivity index (χ4v) is 2.83. The molecule has 110 valence electrons. The summed E-state index contributed by atoms with van der Waals surface area (Å²) in [6.45, 7) is 1.68.